The largest absolute Gasteiger partial charge is 0.455 e. The molecule has 4 aromatic rings. The van der Waals surface area contributed by atoms with Crippen LogP contribution in [0.4, 0.5) is 18.9 Å². The van der Waals surface area contributed by atoms with Crippen LogP contribution >= 0.6 is 23.2 Å². The van der Waals surface area contributed by atoms with Gasteiger partial charge in [0.2, 0.25) is 0 Å². The van der Waals surface area contributed by atoms with Crippen LogP contribution in [-0.4, -0.2) is 47.5 Å². The van der Waals surface area contributed by atoms with Gasteiger partial charge in [0, 0.05) is 27.3 Å². The normalized spacial score (nSPS) is 11.8. The molecule has 0 spiro atoms. The summed E-state index contributed by atoms with van der Waals surface area (Å²) < 4.78 is 38.7. The zero-order valence-corrected chi connectivity index (χ0v) is 23.7. The number of aromatic nitrogens is 6. The van der Waals surface area contributed by atoms with Crippen LogP contribution < -0.4 is 10.6 Å². The molecule has 0 atom stereocenters. The first-order valence-corrected chi connectivity index (χ1v) is 12.8. The molecule has 0 aliphatic carbocycles. The standard InChI is InChI=1S/C26H23Cl2F3N8O2/c1-13-9-14(27)10-16(23(41)35-25(2,3)4)20(13)34-22(40)17-11-32-19(12-39-37-24(36-38-39)26(29,30)31)33-21(17)15-7-5-6-8-18(15)28/h5-11H,12H2,1-4H3,(H,34,40)(H,35,41). The predicted octanol–water partition coefficient (Wildman–Crippen LogP) is 5.59. The van der Waals surface area contributed by atoms with E-state index in [1.54, 1.807) is 37.3 Å². The highest BCUT2D eigenvalue weighted by atomic mass is 35.5. The van der Waals surface area contributed by atoms with Crippen molar-refractivity contribution < 1.29 is 22.8 Å². The highest BCUT2D eigenvalue weighted by molar-refractivity contribution is 6.33. The van der Waals surface area contributed by atoms with Crippen LogP contribution in [0.15, 0.2) is 42.6 Å². The quantitative estimate of drug-likeness (QED) is 0.293. The van der Waals surface area contributed by atoms with Crippen LogP contribution in [0.25, 0.3) is 11.3 Å². The second-order valence-corrected chi connectivity index (χ2v) is 10.8. The van der Waals surface area contributed by atoms with Crippen LogP contribution in [0, 0.1) is 6.92 Å². The third-order valence-corrected chi connectivity index (χ3v) is 6.02. The Bertz CT molecular complexity index is 1630. The molecule has 2 heterocycles. The molecule has 15 heteroatoms. The van der Waals surface area contributed by atoms with Gasteiger partial charge in [0.15, 0.2) is 5.82 Å². The Balaban J connectivity index is 1.74. The topological polar surface area (TPSA) is 128 Å². The number of carbonyl (C=O) groups excluding carboxylic acids is 2. The number of anilines is 1. The van der Waals surface area contributed by atoms with Gasteiger partial charge in [-0.15, -0.1) is 10.2 Å². The average Bonchev–Trinajstić information content (AvgIpc) is 3.34. The Morgan fingerprint density at radius 3 is 2.37 bits per heavy atom. The van der Waals surface area contributed by atoms with Crippen molar-refractivity contribution in [3.8, 4) is 11.3 Å². The first-order valence-electron chi connectivity index (χ1n) is 12.0. The number of rotatable bonds is 6. The van der Waals surface area contributed by atoms with E-state index in [1.165, 1.54) is 12.3 Å². The molecule has 0 aliphatic heterocycles. The van der Waals surface area contributed by atoms with Crippen molar-refractivity contribution in [3.05, 3.63) is 81.0 Å². The van der Waals surface area contributed by atoms with E-state index in [-0.39, 0.29) is 39.9 Å². The molecular weight excluding hydrogens is 584 g/mol. The average molecular weight is 607 g/mol. The number of hydrogen-bond acceptors (Lipinski definition) is 7. The molecule has 2 amide bonds. The van der Waals surface area contributed by atoms with Crippen molar-refractivity contribution >= 4 is 40.7 Å². The molecule has 0 saturated carbocycles. The number of carbonyl (C=O) groups is 2. The number of amides is 2. The smallest absolute Gasteiger partial charge is 0.347 e. The molecule has 2 aromatic carbocycles. The van der Waals surface area contributed by atoms with E-state index >= 15 is 0 Å². The SMILES string of the molecule is Cc1cc(Cl)cc(C(=O)NC(C)(C)C)c1NC(=O)c1cnc(Cn2nnc(C(F)(F)F)n2)nc1-c1ccccc1Cl. The molecule has 0 unspecified atom stereocenters. The summed E-state index contributed by atoms with van der Waals surface area (Å²) >= 11 is 12.6. The molecule has 0 saturated heterocycles. The second-order valence-electron chi connectivity index (χ2n) is 9.97. The van der Waals surface area contributed by atoms with Crippen LogP contribution in [0.1, 0.15) is 58.7 Å². The molecule has 214 valence electrons. The van der Waals surface area contributed by atoms with E-state index in [1.807, 2.05) is 20.8 Å². The summed E-state index contributed by atoms with van der Waals surface area (Å²) in [7, 11) is 0. The summed E-state index contributed by atoms with van der Waals surface area (Å²) in [5, 5.41) is 15.9. The zero-order valence-electron chi connectivity index (χ0n) is 22.1. The predicted molar refractivity (Wildman–Crippen MR) is 146 cm³/mol. The van der Waals surface area contributed by atoms with Gasteiger partial charge < -0.3 is 10.6 Å². The zero-order chi connectivity index (χ0) is 30.1. The maximum absolute atomic E-state index is 13.6. The van der Waals surface area contributed by atoms with E-state index in [4.69, 9.17) is 23.2 Å². The summed E-state index contributed by atoms with van der Waals surface area (Å²) in [6, 6.07) is 9.62. The lowest BCUT2D eigenvalue weighted by molar-refractivity contribution is -0.145. The lowest BCUT2D eigenvalue weighted by Crippen LogP contribution is -2.41. The van der Waals surface area contributed by atoms with Gasteiger partial charge in [0.1, 0.15) is 6.54 Å². The van der Waals surface area contributed by atoms with Gasteiger partial charge in [-0.3, -0.25) is 9.59 Å². The number of tetrazole rings is 1. The summed E-state index contributed by atoms with van der Waals surface area (Å²) in [4.78, 5) is 35.9. The van der Waals surface area contributed by atoms with Crippen molar-refractivity contribution in [3.63, 3.8) is 0 Å². The van der Waals surface area contributed by atoms with Crippen LogP contribution in [0.5, 0.6) is 0 Å². The van der Waals surface area contributed by atoms with Crippen molar-refractivity contribution in [1.29, 1.82) is 0 Å². The fourth-order valence-electron chi connectivity index (χ4n) is 3.75. The van der Waals surface area contributed by atoms with Gasteiger partial charge in [-0.25, -0.2) is 9.97 Å². The third-order valence-electron chi connectivity index (χ3n) is 5.47. The van der Waals surface area contributed by atoms with E-state index in [9.17, 15) is 22.8 Å². The number of nitrogens with one attached hydrogen (secondary N) is 2. The number of alkyl halides is 3. The first-order chi connectivity index (χ1) is 19.1. The van der Waals surface area contributed by atoms with E-state index in [0.29, 0.717) is 20.9 Å². The number of halogens is 5. The summed E-state index contributed by atoms with van der Waals surface area (Å²) in [6.45, 7) is 6.76. The first kappa shape index (κ1) is 29.9. The lowest BCUT2D eigenvalue weighted by Gasteiger charge is -2.22. The number of benzene rings is 2. The highest BCUT2D eigenvalue weighted by Gasteiger charge is 2.37. The van der Waals surface area contributed by atoms with Crippen LogP contribution in [0.2, 0.25) is 10.0 Å². The molecule has 0 aliphatic rings. The molecule has 41 heavy (non-hydrogen) atoms. The molecule has 4 rings (SSSR count). The van der Waals surface area contributed by atoms with Crippen molar-refractivity contribution in [2.45, 2.75) is 46.0 Å². The number of aryl methyl sites for hydroxylation is 1. The summed E-state index contributed by atoms with van der Waals surface area (Å²) in [5.74, 6) is -2.53. The molecule has 2 aromatic heterocycles. The number of hydrogen-bond donors (Lipinski definition) is 2. The molecule has 0 radical (unpaired) electrons. The minimum Gasteiger partial charge on any atom is -0.347 e. The van der Waals surface area contributed by atoms with Crippen LogP contribution in [0.3, 0.4) is 0 Å². The Labute approximate surface area is 242 Å². The van der Waals surface area contributed by atoms with Gasteiger partial charge in [-0.2, -0.15) is 18.0 Å². The fourth-order valence-corrected chi connectivity index (χ4v) is 4.24. The van der Waals surface area contributed by atoms with E-state index in [0.717, 1.165) is 0 Å². The van der Waals surface area contributed by atoms with Crippen molar-refractivity contribution in [2.75, 3.05) is 5.32 Å². The highest BCUT2D eigenvalue weighted by Crippen LogP contribution is 2.31. The maximum Gasteiger partial charge on any atom is 0.455 e. The maximum atomic E-state index is 13.6. The fraction of sp³-hybridized carbons (Fsp3) is 0.269. The summed E-state index contributed by atoms with van der Waals surface area (Å²) in [5.41, 5.74) is 0.788. The lowest BCUT2D eigenvalue weighted by atomic mass is 10.0. The van der Waals surface area contributed by atoms with Crippen molar-refractivity contribution in [1.82, 2.24) is 35.5 Å². The molecule has 10 nitrogen and oxygen atoms in total. The monoisotopic (exact) mass is 606 g/mol. The van der Waals surface area contributed by atoms with Gasteiger partial charge >= 0.3 is 6.18 Å². The van der Waals surface area contributed by atoms with Gasteiger partial charge in [-0.1, -0.05) is 41.4 Å². The van der Waals surface area contributed by atoms with Crippen molar-refractivity contribution in [2.24, 2.45) is 0 Å². The summed E-state index contributed by atoms with van der Waals surface area (Å²) in [6.07, 6.45) is -3.57. The van der Waals surface area contributed by atoms with Gasteiger partial charge in [-0.05, 0) is 56.7 Å². The molecule has 2 N–H and O–H groups in total. The minimum atomic E-state index is -4.77. The minimum absolute atomic E-state index is 0.00416. The van der Waals surface area contributed by atoms with Gasteiger partial charge in [0.25, 0.3) is 17.6 Å². The van der Waals surface area contributed by atoms with Crippen LogP contribution in [-0.2, 0) is 12.7 Å². The Hall–Kier alpha value is -4.10. The Morgan fingerprint density at radius 1 is 1.02 bits per heavy atom. The van der Waals surface area contributed by atoms with Gasteiger partial charge in [0.05, 0.1) is 22.5 Å². The Morgan fingerprint density at radius 2 is 1.73 bits per heavy atom. The number of nitrogens with zero attached hydrogens (tertiary/aromatic N) is 6. The Kier molecular flexibility index (Phi) is 8.31. The van der Waals surface area contributed by atoms with E-state index < -0.39 is 29.4 Å². The van der Waals surface area contributed by atoms with E-state index in [2.05, 4.69) is 36.0 Å². The third kappa shape index (κ3) is 7.16. The molecule has 0 bridgehead atoms. The second kappa shape index (κ2) is 11.4. The molecular formula is C26H23Cl2F3N8O2. The molecule has 0 fully saturated rings.